The van der Waals surface area contributed by atoms with E-state index in [1.165, 1.54) is 20.0 Å². The number of rotatable bonds is 22. The molecule has 0 spiro atoms. The largest absolute Gasteiger partial charge is 0.469 e. The Kier molecular flexibility index (Phi) is 16.6. The molecule has 0 aromatic heterocycles. The van der Waals surface area contributed by atoms with E-state index < -0.39 is 28.6 Å². The average molecular weight is 645 g/mol. The number of esters is 1. The van der Waals surface area contributed by atoms with Crippen molar-refractivity contribution < 1.29 is 32.2 Å². The van der Waals surface area contributed by atoms with Crippen LogP contribution in [0.1, 0.15) is 106 Å². The van der Waals surface area contributed by atoms with Crippen LogP contribution in [0.2, 0.25) is 36.3 Å². The molecular weight excluding hydrogens is 580 g/mol. The van der Waals surface area contributed by atoms with Crippen LogP contribution in [-0.2, 0) is 27.9 Å². The summed E-state index contributed by atoms with van der Waals surface area (Å²) in [5, 5.41) is 0. The van der Waals surface area contributed by atoms with Crippen molar-refractivity contribution in [2.75, 3.05) is 14.2 Å². The highest BCUT2D eigenvalue weighted by Crippen LogP contribution is 2.52. The van der Waals surface area contributed by atoms with Crippen molar-refractivity contribution in [3.63, 3.8) is 0 Å². The quantitative estimate of drug-likeness (QED) is 0.0507. The van der Waals surface area contributed by atoms with E-state index in [9.17, 15) is 4.79 Å². The van der Waals surface area contributed by atoms with E-state index in [-0.39, 0.29) is 49.0 Å². The van der Waals surface area contributed by atoms with Gasteiger partial charge in [0.05, 0.1) is 25.4 Å². The van der Waals surface area contributed by atoms with Gasteiger partial charge in [-0.3, -0.25) is 4.79 Å². The van der Waals surface area contributed by atoms with Gasteiger partial charge >= 0.3 is 5.97 Å². The number of methoxy groups -OCH3 is 2. The Morgan fingerprint density at radius 2 is 1.56 bits per heavy atom. The van der Waals surface area contributed by atoms with Gasteiger partial charge in [-0.15, -0.1) is 0 Å². The van der Waals surface area contributed by atoms with Gasteiger partial charge in [-0.2, -0.15) is 0 Å². The summed E-state index contributed by atoms with van der Waals surface area (Å²) in [5.74, 6) is -1.37. The molecule has 0 unspecified atom stereocenters. The van der Waals surface area contributed by atoms with Gasteiger partial charge in [0.2, 0.25) is 0 Å². The summed E-state index contributed by atoms with van der Waals surface area (Å²) in [6.45, 7) is 15.9. The third-order valence-electron chi connectivity index (χ3n) is 10.9. The number of carbonyl (C=O) groups excluding carboxylic acids is 1. The van der Waals surface area contributed by atoms with Crippen LogP contribution in [-0.4, -0.2) is 67.1 Å². The lowest BCUT2D eigenvalue weighted by molar-refractivity contribution is -0.248. The van der Waals surface area contributed by atoms with Crippen molar-refractivity contribution in [1.82, 2.24) is 0 Å². The molecule has 9 heteroatoms. The lowest BCUT2D eigenvalue weighted by atomic mass is 9.87. The third kappa shape index (κ3) is 9.95. The van der Waals surface area contributed by atoms with Gasteiger partial charge in [-0.05, 0) is 67.9 Å². The molecule has 0 aromatic rings. The van der Waals surface area contributed by atoms with Gasteiger partial charge in [0.25, 0.3) is 0 Å². The summed E-state index contributed by atoms with van der Waals surface area (Å²) in [4.78, 5) is 11.6. The van der Waals surface area contributed by atoms with Crippen LogP contribution in [0.15, 0.2) is 12.2 Å². The van der Waals surface area contributed by atoms with E-state index in [1.54, 1.807) is 7.11 Å². The Balaban J connectivity index is 2.37. The molecule has 0 N–H and O–H groups in total. The number of carbonyl (C=O) groups is 1. The third-order valence-corrected chi connectivity index (χ3v) is 20.3. The molecule has 0 bridgehead atoms. The molecule has 1 saturated heterocycles. The van der Waals surface area contributed by atoms with Gasteiger partial charge in [-0.25, -0.2) is 4.39 Å². The molecule has 2 rings (SSSR count). The maximum atomic E-state index is 15.8. The first kappa shape index (κ1) is 38.6. The predicted molar refractivity (Wildman–Crippen MR) is 179 cm³/mol. The summed E-state index contributed by atoms with van der Waals surface area (Å²) in [7, 11) is -0.742. The predicted octanol–water partition coefficient (Wildman–Crippen LogP) is 9.35. The summed E-state index contributed by atoms with van der Waals surface area (Å²) in [6, 6.07) is 6.68. The molecule has 43 heavy (non-hydrogen) atoms. The Bertz CT molecular complexity index is 819. The van der Waals surface area contributed by atoms with E-state index in [4.69, 9.17) is 23.1 Å². The van der Waals surface area contributed by atoms with Gasteiger partial charge < -0.3 is 23.1 Å². The van der Waals surface area contributed by atoms with Crippen LogP contribution in [0.4, 0.5) is 4.39 Å². The molecule has 2 aliphatic rings. The van der Waals surface area contributed by atoms with E-state index in [1.807, 2.05) is 0 Å². The first-order valence-corrected chi connectivity index (χ1v) is 22.6. The van der Waals surface area contributed by atoms with E-state index in [2.05, 4.69) is 60.6 Å². The first-order valence-electron chi connectivity index (χ1n) is 17.6. The zero-order chi connectivity index (χ0) is 32.1. The average Bonchev–Trinajstić information content (AvgIpc) is 3.55. The molecule has 6 nitrogen and oxygen atoms in total. The number of ether oxygens (including phenoxy) is 3. The topological polar surface area (TPSA) is 63.2 Å². The van der Waals surface area contributed by atoms with Crippen molar-refractivity contribution >= 4 is 22.6 Å². The SMILES string of the molecule is CCCCC[C@@H](/C=C/[C@@H]1[C@H]2C[C@](OC)([C@H](F)CCCC(=O)OC)O[C@H]2C[C@H]1O[Si](CC)(CC)CC)O[Si](CC)(CC)CC. The summed E-state index contributed by atoms with van der Waals surface area (Å²) in [5.41, 5.74) is 0. The number of unbranched alkanes of at least 4 members (excludes halogenated alkanes) is 2. The van der Waals surface area contributed by atoms with Crippen molar-refractivity contribution in [3.8, 4) is 0 Å². The maximum Gasteiger partial charge on any atom is 0.305 e. The first-order chi connectivity index (χ1) is 20.6. The van der Waals surface area contributed by atoms with Crippen LogP contribution in [0.25, 0.3) is 0 Å². The molecule has 252 valence electrons. The normalized spacial score (nSPS) is 27.5. The molecule has 2 fully saturated rings. The molecule has 0 radical (unpaired) electrons. The van der Waals surface area contributed by atoms with Gasteiger partial charge in [0.15, 0.2) is 28.6 Å². The molecule has 0 aromatic carbocycles. The summed E-state index contributed by atoms with van der Waals surface area (Å²) < 4.78 is 47.1. The Hall–Kier alpha value is -0.586. The second kappa shape index (κ2) is 18.5. The zero-order valence-electron chi connectivity index (χ0n) is 29.1. The fourth-order valence-corrected chi connectivity index (χ4v) is 13.1. The molecule has 1 heterocycles. The molecule has 0 amide bonds. The molecule has 7 atom stereocenters. The van der Waals surface area contributed by atoms with Crippen molar-refractivity contribution in [2.45, 2.75) is 173 Å². The number of fused-ring (bicyclic) bond motifs is 1. The highest BCUT2D eigenvalue weighted by Gasteiger charge is 2.59. The van der Waals surface area contributed by atoms with Gasteiger partial charge in [0, 0.05) is 25.9 Å². The van der Waals surface area contributed by atoms with Gasteiger partial charge in [-0.1, -0.05) is 79.9 Å². The van der Waals surface area contributed by atoms with Crippen molar-refractivity contribution in [2.24, 2.45) is 11.8 Å². The number of hydrogen-bond acceptors (Lipinski definition) is 6. The maximum absolute atomic E-state index is 15.8. The standard InChI is InChI=1S/C34H65FO6Si2/c1-10-17-18-20-27(40-42(11-2,12-3)13-4)23-24-28-29-26-34(38-9,32(35)21-19-22-33(36)37-8)39-30(29)25-31(28)41-43(14-5,15-6)16-7/h23-24,27-32H,10-22,25-26H2,1-9H3/b24-23+/t27-,28+,29+,30-,31+,32+,34+/m0/s1. The lowest BCUT2D eigenvalue weighted by Crippen LogP contribution is -2.45. The van der Waals surface area contributed by atoms with E-state index in [0.717, 1.165) is 55.5 Å². The Labute approximate surface area is 265 Å². The van der Waals surface area contributed by atoms with Crippen molar-refractivity contribution in [3.05, 3.63) is 12.2 Å². The fraction of sp³-hybridized carbons (Fsp3) is 0.912. The van der Waals surface area contributed by atoms with E-state index in [0.29, 0.717) is 12.8 Å². The smallest absolute Gasteiger partial charge is 0.305 e. The molecular formula is C34H65FO6Si2. The van der Waals surface area contributed by atoms with Crippen LogP contribution in [0.5, 0.6) is 0 Å². The minimum atomic E-state index is -1.87. The van der Waals surface area contributed by atoms with Gasteiger partial charge in [0.1, 0.15) is 0 Å². The highest BCUT2D eigenvalue weighted by atomic mass is 28.4. The van der Waals surface area contributed by atoms with Crippen molar-refractivity contribution in [1.29, 1.82) is 0 Å². The zero-order valence-corrected chi connectivity index (χ0v) is 31.1. The van der Waals surface area contributed by atoms with Crippen LogP contribution < -0.4 is 0 Å². The van der Waals surface area contributed by atoms with E-state index >= 15 is 4.39 Å². The van der Waals surface area contributed by atoms with Crippen LogP contribution in [0, 0.1) is 11.8 Å². The van der Waals surface area contributed by atoms with Crippen LogP contribution >= 0.6 is 0 Å². The lowest BCUT2D eigenvalue weighted by Gasteiger charge is -2.37. The monoisotopic (exact) mass is 644 g/mol. The Morgan fingerprint density at radius 1 is 0.930 bits per heavy atom. The molecule has 1 aliphatic heterocycles. The fourth-order valence-electron chi connectivity index (χ4n) is 7.41. The number of alkyl halides is 1. The number of hydrogen-bond donors (Lipinski definition) is 0. The minimum Gasteiger partial charge on any atom is -0.469 e. The number of halogens is 1. The molecule has 1 aliphatic carbocycles. The second-order valence-electron chi connectivity index (χ2n) is 13.0. The second-order valence-corrected chi connectivity index (χ2v) is 22.4. The highest BCUT2D eigenvalue weighted by molar-refractivity contribution is 6.74. The van der Waals surface area contributed by atoms with Crippen LogP contribution in [0.3, 0.4) is 0 Å². The minimum absolute atomic E-state index is 0.0619. The summed E-state index contributed by atoms with van der Waals surface area (Å²) >= 11 is 0. The molecule has 1 saturated carbocycles. The Morgan fingerprint density at radius 3 is 2.09 bits per heavy atom. The summed E-state index contributed by atoms with van der Waals surface area (Å²) in [6.07, 6.45) is 10.1.